The standard InChI is InChI=1S/C48H44O15/c1-27(49)55-26-40-44(59-28(2)50)47(60-29(3)51)48(61-30(4)52)46(63-40)42-38(57-24-32-16-10-6-11-17-32)22-39-41(45(42)58-25-33-18-12-7-13-19-33)43(54)34-20-35(53)37(21-36(34)62-39)56-23-31-14-8-5-9-15-31/h5-22,40,44,46-48,53H,23-26H2,1-4H3/t40-,44-,46+,47+,48+/m1/s1. The van der Waals surface area contributed by atoms with Crippen LogP contribution >= 0.6 is 0 Å². The number of fused-ring (bicyclic) bond motifs is 2. The second-order valence-corrected chi connectivity index (χ2v) is 14.7. The Kier molecular flexibility index (Phi) is 13.6. The van der Waals surface area contributed by atoms with Crippen molar-refractivity contribution in [2.45, 2.75) is 78.0 Å². The summed E-state index contributed by atoms with van der Waals surface area (Å²) >= 11 is 0. The smallest absolute Gasteiger partial charge is 0.303 e. The summed E-state index contributed by atoms with van der Waals surface area (Å²) in [5.74, 6) is -3.56. The molecule has 5 atom stereocenters. The summed E-state index contributed by atoms with van der Waals surface area (Å²) in [5, 5.41) is 11.0. The highest BCUT2D eigenvalue weighted by molar-refractivity contribution is 5.96. The normalized spacial score (nSPS) is 18.3. The lowest BCUT2D eigenvalue weighted by atomic mass is 9.88. The number of ether oxygens (including phenoxy) is 8. The number of benzene rings is 5. The van der Waals surface area contributed by atoms with Crippen molar-refractivity contribution in [3.05, 3.63) is 142 Å². The third-order valence-electron chi connectivity index (χ3n) is 9.97. The van der Waals surface area contributed by atoms with Crippen LogP contribution in [0.2, 0.25) is 0 Å². The predicted octanol–water partition coefficient (Wildman–Crippen LogP) is 7.19. The first kappa shape index (κ1) is 43.7. The average Bonchev–Trinajstić information content (AvgIpc) is 3.25. The molecular formula is C48H44O15. The van der Waals surface area contributed by atoms with Crippen LogP contribution in [0, 0.1) is 0 Å². The average molecular weight is 861 g/mol. The van der Waals surface area contributed by atoms with Crippen molar-refractivity contribution in [1.82, 2.24) is 0 Å². The van der Waals surface area contributed by atoms with Crippen molar-refractivity contribution in [2.24, 2.45) is 0 Å². The Morgan fingerprint density at radius 2 is 1.08 bits per heavy atom. The second-order valence-electron chi connectivity index (χ2n) is 14.7. The SMILES string of the molecule is CC(=O)OC[C@H]1O[C@@H](c2c(OCc3ccccc3)cc3oc4cc(OCc5ccccc5)c(O)cc4c(=O)c3c2OCc2ccccc2)[C@H](OC(C)=O)[C@@H](OC(C)=O)[C@@H]1OC(C)=O. The zero-order valence-electron chi connectivity index (χ0n) is 34.8. The topological polar surface area (TPSA) is 193 Å². The molecule has 0 aliphatic carbocycles. The number of phenolic OH excluding ortho intramolecular Hbond substituents is 1. The maximum Gasteiger partial charge on any atom is 0.303 e. The zero-order valence-corrected chi connectivity index (χ0v) is 34.8. The van der Waals surface area contributed by atoms with Crippen LogP contribution < -0.4 is 19.6 Å². The van der Waals surface area contributed by atoms with Gasteiger partial charge in [-0.3, -0.25) is 24.0 Å². The fourth-order valence-corrected chi connectivity index (χ4v) is 7.30. The summed E-state index contributed by atoms with van der Waals surface area (Å²) in [6, 6.07) is 31.6. The number of hydrogen-bond acceptors (Lipinski definition) is 15. The quantitative estimate of drug-likeness (QED) is 0.0619. The highest BCUT2D eigenvalue weighted by Crippen LogP contribution is 2.48. The number of rotatable bonds is 15. The fraction of sp³-hybridized carbons (Fsp3) is 0.271. The first-order valence-corrected chi connectivity index (χ1v) is 20.0. The Hall–Kier alpha value is -7.39. The van der Waals surface area contributed by atoms with Gasteiger partial charge in [0, 0.05) is 39.8 Å². The Bertz CT molecular complexity index is 2660. The highest BCUT2D eigenvalue weighted by atomic mass is 16.7. The number of hydrogen-bond donors (Lipinski definition) is 1. The molecule has 1 N–H and O–H groups in total. The van der Waals surface area contributed by atoms with Crippen molar-refractivity contribution in [2.75, 3.05) is 6.61 Å². The molecule has 5 aromatic carbocycles. The monoisotopic (exact) mass is 860 g/mol. The van der Waals surface area contributed by atoms with Gasteiger partial charge in [-0.2, -0.15) is 0 Å². The van der Waals surface area contributed by atoms with Gasteiger partial charge >= 0.3 is 23.9 Å². The lowest BCUT2D eigenvalue weighted by molar-refractivity contribution is -0.254. The molecule has 326 valence electrons. The van der Waals surface area contributed by atoms with E-state index in [1.54, 1.807) is 24.3 Å². The van der Waals surface area contributed by atoms with Gasteiger partial charge in [-0.25, -0.2) is 0 Å². The van der Waals surface area contributed by atoms with Crippen LogP contribution in [0.4, 0.5) is 0 Å². The maximum absolute atomic E-state index is 14.9. The molecule has 0 spiro atoms. The first-order chi connectivity index (χ1) is 30.4. The van der Waals surface area contributed by atoms with E-state index in [9.17, 15) is 29.1 Å². The molecule has 0 unspecified atom stereocenters. The molecule has 1 aromatic heterocycles. The highest BCUT2D eigenvalue weighted by Gasteiger charge is 2.54. The van der Waals surface area contributed by atoms with Crippen LogP contribution in [0.5, 0.6) is 23.0 Å². The van der Waals surface area contributed by atoms with E-state index in [4.69, 9.17) is 42.3 Å². The molecule has 1 saturated heterocycles. The van der Waals surface area contributed by atoms with E-state index in [1.165, 1.54) is 25.1 Å². The molecule has 7 rings (SSSR count). The van der Waals surface area contributed by atoms with E-state index >= 15 is 0 Å². The predicted molar refractivity (Wildman–Crippen MR) is 225 cm³/mol. The molecule has 0 radical (unpaired) electrons. The minimum absolute atomic E-state index is 0.00514. The minimum atomic E-state index is -1.60. The lowest BCUT2D eigenvalue weighted by Crippen LogP contribution is -2.59. The van der Waals surface area contributed by atoms with Gasteiger partial charge in [0.15, 0.2) is 29.8 Å². The Morgan fingerprint density at radius 1 is 0.587 bits per heavy atom. The molecule has 1 fully saturated rings. The van der Waals surface area contributed by atoms with Crippen LogP contribution in [-0.2, 0) is 62.7 Å². The fourth-order valence-electron chi connectivity index (χ4n) is 7.30. The number of esters is 4. The molecule has 15 heteroatoms. The van der Waals surface area contributed by atoms with Gasteiger partial charge in [-0.15, -0.1) is 0 Å². The van der Waals surface area contributed by atoms with Gasteiger partial charge in [0.05, 0.1) is 10.9 Å². The molecule has 0 saturated carbocycles. The molecule has 1 aliphatic rings. The van der Waals surface area contributed by atoms with Gasteiger partial charge in [-0.1, -0.05) is 91.0 Å². The van der Waals surface area contributed by atoms with Crippen molar-refractivity contribution in [1.29, 1.82) is 0 Å². The third-order valence-corrected chi connectivity index (χ3v) is 9.97. The van der Waals surface area contributed by atoms with Gasteiger partial charge in [-0.05, 0) is 22.8 Å². The van der Waals surface area contributed by atoms with Crippen molar-refractivity contribution >= 4 is 45.8 Å². The van der Waals surface area contributed by atoms with Crippen molar-refractivity contribution < 1.29 is 66.6 Å². The number of carbonyl (C=O) groups is 4. The van der Waals surface area contributed by atoms with E-state index in [0.717, 1.165) is 31.9 Å². The van der Waals surface area contributed by atoms with E-state index < -0.39 is 66.4 Å². The molecule has 63 heavy (non-hydrogen) atoms. The largest absolute Gasteiger partial charge is 0.504 e. The molecule has 0 bridgehead atoms. The number of carbonyl (C=O) groups excluding carboxylic acids is 4. The van der Waals surface area contributed by atoms with E-state index in [1.807, 2.05) is 66.7 Å². The zero-order chi connectivity index (χ0) is 44.6. The summed E-state index contributed by atoms with van der Waals surface area (Å²) in [5.41, 5.74) is 1.70. The summed E-state index contributed by atoms with van der Waals surface area (Å²) < 4.78 is 54.9. The van der Waals surface area contributed by atoms with Crippen LogP contribution in [0.15, 0.2) is 118 Å². The third kappa shape index (κ3) is 10.4. The van der Waals surface area contributed by atoms with Gasteiger partial charge < -0.3 is 47.4 Å². The lowest BCUT2D eigenvalue weighted by Gasteiger charge is -2.45. The number of aromatic hydroxyl groups is 1. The second kappa shape index (κ2) is 19.5. The Morgan fingerprint density at radius 3 is 1.62 bits per heavy atom. The van der Waals surface area contributed by atoms with Gasteiger partial charge in [0.25, 0.3) is 0 Å². The molecule has 1 aliphatic heterocycles. The number of phenols is 1. The summed E-state index contributed by atoms with van der Waals surface area (Å²) in [7, 11) is 0. The maximum atomic E-state index is 14.9. The summed E-state index contributed by atoms with van der Waals surface area (Å²) in [6.45, 7) is 3.98. The summed E-state index contributed by atoms with van der Waals surface area (Å²) in [4.78, 5) is 65.4. The molecule has 2 heterocycles. The first-order valence-electron chi connectivity index (χ1n) is 20.0. The minimum Gasteiger partial charge on any atom is -0.504 e. The van der Waals surface area contributed by atoms with Crippen LogP contribution in [0.1, 0.15) is 56.1 Å². The van der Waals surface area contributed by atoms with Crippen LogP contribution in [-0.4, -0.2) is 60.0 Å². The van der Waals surface area contributed by atoms with E-state index in [0.29, 0.717) is 5.56 Å². The molecule has 6 aromatic rings. The van der Waals surface area contributed by atoms with Crippen LogP contribution in [0.25, 0.3) is 21.9 Å². The Labute approximate surface area is 360 Å². The van der Waals surface area contributed by atoms with E-state index in [2.05, 4.69) is 0 Å². The molecule has 0 amide bonds. The molecular weight excluding hydrogens is 817 g/mol. The van der Waals surface area contributed by atoms with Crippen LogP contribution in [0.3, 0.4) is 0 Å². The van der Waals surface area contributed by atoms with Crippen molar-refractivity contribution in [3.63, 3.8) is 0 Å². The Balaban J connectivity index is 1.49. The van der Waals surface area contributed by atoms with Gasteiger partial charge in [0.2, 0.25) is 5.43 Å². The summed E-state index contributed by atoms with van der Waals surface area (Å²) in [6.07, 6.45) is -7.51. The van der Waals surface area contributed by atoms with E-state index in [-0.39, 0.29) is 70.3 Å². The molecule has 15 nitrogen and oxygen atoms in total. The van der Waals surface area contributed by atoms with Crippen molar-refractivity contribution in [3.8, 4) is 23.0 Å². The van der Waals surface area contributed by atoms with Gasteiger partial charge in [0.1, 0.15) is 66.7 Å².